The number of carbonyl (C=O) groups excluding carboxylic acids is 1. The Balaban J connectivity index is 1.97. The van der Waals surface area contributed by atoms with Crippen molar-refractivity contribution in [3.8, 4) is 0 Å². The van der Waals surface area contributed by atoms with Crippen molar-refractivity contribution in [2.45, 2.75) is 13.5 Å². The fourth-order valence-electron chi connectivity index (χ4n) is 1.79. The Morgan fingerprint density at radius 2 is 2.15 bits per heavy atom. The second-order valence-corrected chi connectivity index (χ2v) is 4.59. The number of aryl methyl sites for hydroxylation is 1. The quantitative estimate of drug-likeness (QED) is 0.800. The first kappa shape index (κ1) is 14.1. The van der Waals surface area contributed by atoms with E-state index in [0.29, 0.717) is 12.1 Å². The fraction of sp³-hybridized carbons (Fsp3) is 0.188. The number of halogens is 1. The molecule has 0 aliphatic heterocycles. The van der Waals surface area contributed by atoms with Gasteiger partial charge in [0.25, 0.3) is 0 Å². The lowest BCUT2D eigenvalue weighted by Gasteiger charge is -2.13. The van der Waals surface area contributed by atoms with Gasteiger partial charge in [0.1, 0.15) is 17.3 Å². The Labute approximate surface area is 117 Å². The molecule has 0 saturated carbocycles. The molecule has 0 bridgehead atoms. The monoisotopic (exact) mass is 273 g/mol. The van der Waals surface area contributed by atoms with Crippen LogP contribution in [0.3, 0.4) is 0 Å². The van der Waals surface area contributed by atoms with Crippen LogP contribution < -0.4 is 0 Å². The molecule has 1 aromatic heterocycles. The largest absolute Gasteiger partial charge is 0.464 e. The molecule has 2 rings (SSSR count). The van der Waals surface area contributed by atoms with E-state index >= 15 is 0 Å². The average Bonchev–Trinajstić information content (AvgIpc) is 2.81. The lowest BCUT2D eigenvalue weighted by molar-refractivity contribution is -0.125. The Bertz CT molecular complexity index is 631. The molecule has 0 radical (unpaired) electrons. The van der Waals surface area contributed by atoms with E-state index in [-0.39, 0.29) is 11.7 Å². The summed E-state index contributed by atoms with van der Waals surface area (Å²) < 4.78 is 18.4. The molecule has 2 aromatic rings. The van der Waals surface area contributed by atoms with Gasteiger partial charge in [-0.05, 0) is 42.8 Å². The van der Waals surface area contributed by atoms with E-state index in [2.05, 4.69) is 0 Å². The van der Waals surface area contributed by atoms with Crippen LogP contribution in [0.5, 0.6) is 0 Å². The van der Waals surface area contributed by atoms with E-state index < -0.39 is 0 Å². The molecule has 0 saturated heterocycles. The topological polar surface area (TPSA) is 33.5 Å². The SMILES string of the molecule is Cc1ccc(CN(C)C(=O)C=Cc2cccc(F)c2)o1. The van der Waals surface area contributed by atoms with Gasteiger partial charge in [-0.15, -0.1) is 0 Å². The summed E-state index contributed by atoms with van der Waals surface area (Å²) in [5, 5.41) is 0. The minimum absolute atomic E-state index is 0.164. The van der Waals surface area contributed by atoms with Gasteiger partial charge < -0.3 is 9.32 Å². The maximum Gasteiger partial charge on any atom is 0.246 e. The van der Waals surface area contributed by atoms with Gasteiger partial charge in [0.05, 0.1) is 6.54 Å². The van der Waals surface area contributed by atoms with Crippen LogP contribution in [0.4, 0.5) is 4.39 Å². The standard InChI is InChI=1S/C16H16FNO2/c1-12-6-8-15(20-12)11-18(2)16(19)9-7-13-4-3-5-14(17)10-13/h3-10H,11H2,1-2H3. The van der Waals surface area contributed by atoms with Crippen LogP contribution in [-0.2, 0) is 11.3 Å². The lowest BCUT2D eigenvalue weighted by Crippen LogP contribution is -2.23. The number of hydrogen-bond donors (Lipinski definition) is 0. The number of hydrogen-bond acceptors (Lipinski definition) is 2. The Morgan fingerprint density at radius 3 is 2.80 bits per heavy atom. The highest BCUT2D eigenvalue weighted by Gasteiger charge is 2.08. The van der Waals surface area contributed by atoms with E-state index in [9.17, 15) is 9.18 Å². The van der Waals surface area contributed by atoms with Crippen LogP contribution in [0, 0.1) is 12.7 Å². The summed E-state index contributed by atoms with van der Waals surface area (Å²) in [5.74, 6) is 1.07. The van der Waals surface area contributed by atoms with Crippen molar-refractivity contribution in [2.24, 2.45) is 0 Å². The number of nitrogens with zero attached hydrogens (tertiary/aromatic N) is 1. The van der Waals surface area contributed by atoms with Gasteiger partial charge in [0.2, 0.25) is 5.91 Å². The number of amides is 1. The van der Waals surface area contributed by atoms with Crippen LogP contribution in [0.1, 0.15) is 17.1 Å². The van der Waals surface area contributed by atoms with E-state index in [0.717, 1.165) is 11.5 Å². The molecule has 0 spiro atoms. The smallest absolute Gasteiger partial charge is 0.246 e. The van der Waals surface area contributed by atoms with Gasteiger partial charge >= 0.3 is 0 Å². The van der Waals surface area contributed by atoms with E-state index in [1.165, 1.54) is 23.1 Å². The Kier molecular flexibility index (Phi) is 4.35. The van der Waals surface area contributed by atoms with Crippen molar-refractivity contribution in [2.75, 3.05) is 7.05 Å². The van der Waals surface area contributed by atoms with Crippen molar-refractivity contribution in [1.82, 2.24) is 4.90 Å². The van der Waals surface area contributed by atoms with Crippen LogP contribution in [-0.4, -0.2) is 17.9 Å². The van der Waals surface area contributed by atoms with Gasteiger partial charge in [0, 0.05) is 13.1 Å². The van der Waals surface area contributed by atoms with Gasteiger partial charge in [-0.25, -0.2) is 4.39 Å². The summed E-state index contributed by atoms with van der Waals surface area (Å²) in [6.07, 6.45) is 3.01. The summed E-state index contributed by atoms with van der Waals surface area (Å²) in [7, 11) is 1.69. The third-order valence-corrected chi connectivity index (χ3v) is 2.83. The number of rotatable bonds is 4. The predicted octanol–water partition coefficient (Wildman–Crippen LogP) is 3.40. The zero-order chi connectivity index (χ0) is 14.5. The predicted molar refractivity (Wildman–Crippen MR) is 75.4 cm³/mol. The molecule has 0 aliphatic rings. The molecule has 0 N–H and O–H groups in total. The third kappa shape index (κ3) is 3.82. The zero-order valence-corrected chi connectivity index (χ0v) is 11.5. The van der Waals surface area contributed by atoms with Crippen LogP contribution >= 0.6 is 0 Å². The summed E-state index contributed by atoms with van der Waals surface area (Å²) in [5.41, 5.74) is 0.653. The van der Waals surface area contributed by atoms with Crippen molar-refractivity contribution in [3.63, 3.8) is 0 Å². The fourth-order valence-corrected chi connectivity index (χ4v) is 1.79. The number of furan rings is 1. The second-order valence-electron chi connectivity index (χ2n) is 4.59. The molecule has 4 heteroatoms. The van der Waals surface area contributed by atoms with Crippen molar-refractivity contribution < 1.29 is 13.6 Å². The average molecular weight is 273 g/mol. The van der Waals surface area contributed by atoms with E-state index in [1.54, 1.807) is 25.3 Å². The Morgan fingerprint density at radius 1 is 1.35 bits per heavy atom. The first-order valence-electron chi connectivity index (χ1n) is 6.28. The lowest BCUT2D eigenvalue weighted by atomic mass is 10.2. The van der Waals surface area contributed by atoms with Crippen molar-refractivity contribution in [3.05, 3.63) is 65.4 Å². The number of likely N-dealkylation sites (N-methyl/N-ethyl adjacent to an activating group) is 1. The highest BCUT2D eigenvalue weighted by molar-refractivity contribution is 5.91. The molecule has 0 aliphatic carbocycles. The molecule has 1 aromatic carbocycles. The first-order chi connectivity index (χ1) is 9.54. The minimum Gasteiger partial charge on any atom is -0.464 e. The molecule has 3 nitrogen and oxygen atoms in total. The second kappa shape index (κ2) is 6.19. The maximum atomic E-state index is 13.0. The molecule has 0 unspecified atom stereocenters. The Hall–Kier alpha value is -2.36. The summed E-state index contributed by atoms with van der Waals surface area (Å²) >= 11 is 0. The third-order valence-electron chi connectivity index (χ3n) is 2.83. The molecule has 0 atom stereocenters. The van der Waals surface area contributed by atoms with Gasteiger partial charge in [-0.3, -0.25) is 4.79 Å². The first-order valence-corrected chi connectivity index (χ1v) is 6.28. The molecular weight excluding hydrogens is 257 g/mol. The number of benzene rings is 1. The van der Waals surface area contributed by atoms with Crippen molar-refractivity contribution >= 4 is 12.0 Å². The summed E-state index contributed by atoms with van der Waals surface area (Å²) in [4.78, 5) is 13.5. The molecule has 20 heavy (non-hydrogen) atoms. The van der Waals surface area contributed by atoms with Gasteiger partial charge in [-0.1, -0.05) is 12.1 Å². The zero-order valence-electron chi connectivity index (χ0n) is 11.5. The molecular formula is C16H16FNO2. The molecule has 1 heterocycles. The summed E-state index contributed by atoms with van der Waals surface area (Å²) in [6, 6.07) is 9.79. The van der Waals surface area contributed by atoms with E-state index in [4.69, 9.17) is 4.42 Å². The molecule has 1 amide bonds. The minimum atomic E-state index is -0.320. The maximum absolute atomic E-state index is 13.0. The van der Waals surface area contributed by atoms with Gasteiger partial charge in [-0.2, -0.15) is 0 Å². The van der Waals surface area contributed by atoms with Crippen LogP contribution in [0.15, 0.2) is 46.9 Å². The molecule has 0 fully saturated rings. The normalized spacial score (nSPS) is 10.9. The van der Waals surface area contributed by atoms with Gasteiger partial charge in [0.15, 0.2) is 0 Å². The molecule has 104 valence electrons. The van der Waals surface area contributed by atoms with Crippen LogP contribution in [0.2, 0.25) is 0 Å². The van der Waals surface area contributed by atoms with E-state index in [1.807, 2.05) is 19.1 Å². The summed E-state index contributed by atoms with van der Waals surface area (Å²) in [6.45, 7) is 2.26. The number of carbonyl (C=O) groups is 1. The highest BCUT2D eigenvalue weighted by atomic mass is 19.1. The van der Waals surface area contributed by atoms with Crippen LogP contribution in [0.25, 0.3) is 6.08 Å². The highest BCUT2D eigenvalue weighted by Crippen LogP contribution is 2.10. The van der Waals surface area contributed by atoms with Crippen molar-refractivity contribution in [1.29, 1.82) is 0 Å².